The minimum atomic E-state index is -0.818. The number of carboxylic acids is 1. The zero-order valence-corrected chi connectivity index (χ0v) is 15.2. The third kappa shape index (κ3) is 4.46. The van der Waals surface area contributed by atoms with Crippen LogP contribution in [0.4, 0.5) is 5.13 Å². The average molecular weight is 368 g/mol. The molecule has 134 valence electrons. The van der Waals surface area contributed by atoms with Crippen molar-refractivity contribution in [2.75, 3.05) is 5.01 Å². The van der Waals surface area contributed by atoms with E-state index in [0.29, 0.717) is 18.0 Å². The van der Waals surface area contributed by atoms with Crippen molar-refractivity contribution in [1.82, 2.24) is 4.98 Å². The van der Waals surface area contributed by atoms with Crippen molar-refractivity contribution in [2.45, 2.75) is 44.6 Å². The van der Waals surface area contributed by atoms with Gasteiger partial charge in [-0.05, 0) is 31.4 Å². The van der Waals surface area contributed by atoms with Crippen LogP contribution in [-0.4, -0.2) is 28.3 Å². The number of hydrogen-bond acceptors (Lipinski definition) is 6. The number of thiazole rings is 1. The number of carbonyl (C=O) groups is 1. The smallest absolute Gasteiger partial charge is 0.303 e. The number of nitrogens with zero attached hydrogens (tertiary/aromatic N) is 4. The molecule has 1 aromatic carbocycles. The highest BCUT2D eigenvalue weighted by Gasteiger charge is 2.25. The number of aromatic nitrogens is 1. The minimum absolute atomic E-state index is 0.0797. The molecule has 26 heavy (non-hydrogen) atoms. The Morgan fingerprint density at radius 3 is 2.77 bits per heavy atom. The standard InChI is InChI=1S/C19H20N4O2S/c20-12-14-7-9-15(10-8-14)17-13-26-19(22-17)23(16-4-1-2-5-16)21-11-3-6-18(24)25/h7-11,13,16H,1-6H2,(H,24,25)/b21-11+. The Kier molecular flexibility index (Phi) is 5.97. The maximum atomic E-state index is 10.7. The van der Waals surface area contributed by atoms with E-state index in [2.05, 4.69) is 11.2 Å². The second-order valence-electron chi connectivity index (χ2n) is 6.22. The van der Waals surface area contributed by atoms with Gasteiger partial charge in [0.1, 0.15) is 0 Å². The summed E-state index contributed by atoms with van der Waals surface area (Å²) in [6.07, 6.45) is 6.67. The maximum absolute atomic E-state index is 10.7. The van der Waals surface area contributed by atoms with Crippen LogP contribution in [-0.2, 0) is 4.79 Å². The van der Waals surface area contributed by atoms with Crippen molar-refractivity contribution in [3.63, 3.8) is 0 Å². The van der Waals surface area contributed by atoms with Crippen LogP contribution in [0, 0.1) is 11.3 Å². The van der Waals surface area contributed by atoms with Crippen LogP contribution in [0.2, 0.25) is 0 Å². The molecule has 0 atom stereocenters. The van der Waals surface area contributed by atoms with E-state index in [0.717, 1.165) is 29.2 Å². The van der Waals surface area contributed by atoms with E-state index in [4.69, 9.17) is 15.4 Å². The van der Waals surface area contributed by atoms with Gasteiger partial charge in [0, 0.05) is 17.2 Å². The summed E-state index contributed by atoms with van der Waals surface area (Å²) < 4.78 is 0. The van der Waals surface area contributed by atoms with E-state index >= 15 is 0 Å². The van der Waals surface area contributed by atoms with Crippen molar-refractivity contribution in [3.8, 4) is 17.3 Å². The van der Waals surface area contributed by atoms with Crippen molar-refractivity contribution < 1.29 is 9.90 Å². The first-order valence-electron chi connectivity index (χ1n) is 8.67. The molecule has 0 spiro atoms. The molecule has 0 saturated heterocycles. The molecule has 0 radical (unpaired) electrons. The zero-order valence-electron chi connectivity index (χ0n) is 14.3. The van der Waals surface area contributed by atoms with Gasteiger partial charge in [-0.2, -0.15) is 10.4 Å². The monoisotopic (exact) mass is 368 g/mol. The lowest BCUT2D eigenvalue weighted by Crippen LogP contribution is -2.28. The molecule has 1 heterocycles. The van der Waals surface area contributed by atoms with Gasteiger partial charge >= 0.3 is 5.97 Å². The van der Waals surface area contributed by atoms with Crippen LogP contribution in [0.25, 0.3) is 11.3 Å². The van der Waals surface area contributed by atoms with Gasteiger partial charge in [0.25, 0.3) is 0 Å². The summed E-state index contributed by atoms with van der Waals surface area (Å²) in [6, 6.07) is 9.79. The number of hydrogen-bond donors (Lipinski definition) is 1. The lowest BCUT2D eigenvalue weighted by molar-refractivity contribution is -0.136. The molecule has 6 nitrogen and oxygen atoms in total. The van der Waals surface area contributed by atoms with E-state index in [1.165, 1.54) is 24.2 Å². The molecule has 2 aromatic rings. The van der Waals surface area contributed by atoms with Crippen molar-refractivity contribution in [1.29, 1.82) is 5.26 Å². The molecule has 7 heteroatoms. The molecule has 1 aromatic heterocycles. The summed E-state index contributed by atoms with van der Waals surface area (Å²) in [4.78, 5) is 15.4. The Balaban J connectivity index is 1.78. The van der Waals surface area contributed by atoms with Gasteiger partial charge in [-0.25, -0.2) is 9.99 Å². The molecule has 0 bridgehead atoms. The second kappa shape index (κ2) is 8.59. The highest BCUT2D eigenvalue weighted by molar-refractivity contribution is 7.14. The minimum Gasteiger partial charge on any atom is -0.481 e. The quantitative estimate of drug-likeness (QED) is 0.582. The molecular formula is C19H20N4O2S. The van der Waals surface area contributed by atoms with Gasteiger partial charge < -0.3 is 5.11 Å². The molecule has 0 amide bonds. The van der Waals surface area contributed by atoms with E-state index in [1.54, 1.807) is 18.3 Å². The highest BCUT2D eigenvalue weighted by Crippen LogP contribution is 2.33. The number of rotatable bonds is 7. The van der Waals surface area contributed by atoms with Crippen molar-refractivity contribution in [2.24, 2.45) is 5.10 Å². The summed E-state index contributed by atoms with van der Waals surface area (Å²) in [5, 5.41) is 27.0. The van der Waals surface area contributed by atoms with Crippen LogP contribution in [0.15, 0.2) is 34.7 Å². The first kappa shape index (κ1) is 18.1. The van der Waals surface area contributed by atoms with Gasteiger partial charge in [-0.3, -0.25) is 4.79 Å². The van der Waals surface area contributed by atoms with Gasteiger partial charge in [0.2, 0.25) is 5.13 Å². The predicted octanol–water partition coefficient (Wildman–Crippen LogP) is 4.28. The Bertz CT molecular complexity index is 817. The van der Waals surface area contributed by atoms with Crippen LogP contribution < -0.4 is 5.01 Å². The fraction of sp³-hybridized carbons (Fsp3) is 0.368. The predicted molar refractivity (Wildman–Crippen MR) is 102 cm³/mol. The fourth-order valence-electron chi connectivity index (χ4n) is 3.00. The fourth-order valence-corrected chi connectivity index (χ4v) is 3.86. The molecule has 1 aliphatic rings. The SMILES string of the molecule is N#Cc1ccc(-c2csc(N(/N=C/CCC(=O)O)C3CCCC3)n2)cc1. The second-order valence-corrected chi connectivity index (χ2v) is 7.05. The average Bonchev–Trinajstić information content (AvgIpc) is 3.34. The van der Waals surface area contributed by atoms with Crippen molar-refractivity contribution in [3.05, 3.63) is 35.2 Å². The number of hydrazone groups is 1. The molecular weight excluding hydrogens is 348 g/mol. The molecule has 3 rings (SSSR count). The van der Waals surface area contributed by atoms with Gasteiger partial charge in [-0.15, -0.1) is 11.3 Å². The summed E-state index contributed by atoms with van der Waals surface area (Å²) >= 11 is 1.53. The first-order valence-corrected chi connectivity index (χ1v) is 9.55. The highest BCUT2D eigenvalue weighted by atomic mass is 32.1. The summed E-state index contributed by atoms with van der Waals surface area (Å²) in [5.41, 5.74) is 2.45. The zero-order chi connectivity index (χ0) is 18.4. The third-order valence-electron chi connectivity index (χ3n) is 4.36. The summed E-state index contributed by atoms with van der Waals surface area (Å²) in [6.45, 7) is 0. The van der Waals surface area contributed by atoms with Crippen LogP contribution in [0.5, 0.6) is 0 Å². The van der Waals surface area contributed by atoms with Crippen LogP contribution in [0.3, 0.4) is 0 Å². The Hall–Kier alpha value is -2.72. The Morgan fingerprint density at radius 1 is 1.38 bits per heavy atom. The Labute approximate surface area is 156 Å². The summed E-state index contributed by atoms with van der Waals surface area (Å²) in [7, 11) is 0. The Morgan fingerprint density at radius 2 is 2.12 bits per heavy atom. The van der Waals surface area contributed by atoms with E-state index in [-0.39, 0.29) is 6.42 Å². The van der Waals surface area contributed by atoms with E-state index < -0.39 is 5.97 Å². The largest absolute Gasteiger partial charge is 0.481 e. The number of aliphatic carboxylic acids is 1. The lowest BCUT2D eigenvalue weighted by atomic mass is 10.1. The molecule has 0 aliphatic heterocycles. The van der Waals surface area contributed by atoms with Gasteiger partial charge in [-0.1, -0.05) is 25.0 Å². The van der Waals surface area contributed by atoms with Crippen molar-refractivity contribution >= 4 is 28.7 Å². The van der Waals surface area contributed by atoms with Gasteiger partial charge in [0.15, 0.2) is 0 Å². The number of carboxylic acid groups (broad SMARTS) is 1. The number of anilines is 1. The topological polar surface area (TPSA) is 89.6 Å². The normalized spacial score (nSPS) is 14.6. The molecule has 1 saturated carbocycles. The molecule has 1 aliphatic carbocycles. The molecule has 0 unspecified atom stereocenters. The first-order chi connectivity index (χ1) is 12.7. The van der Waals surface area contributed by atoms with E-state index in [1.807, 2.05) is 22.5 Å². The maximum Gasteiger partial charge on any atom is 0.303 e. The number of nitriles is 1. The van der Waals surface area contributed by atoms with Crippen LogP contribution >= 0.6 is 11.3 Å². The van der Waals surface area contributed by atoms with E-state index in [9.17, 15) is 4.79 Å². The number of benzene rings is 1. The van der Waals surface area contributed by atoms with Crippen LogP contribution in [0.1, 0.15) is 44.1 Å². The summed E-state index contributed by atoms with van der Waals surface area (Å²) in [5.74, 6) is -0.818. The van der Waals surface area contributed by atoms with Gasteiger partial charge in [0.05, 0.1) is 29.8 Å². The molecule has 1 fully saturated rings. The molecule has 1 N–H and O–H groups in total. The third-order valence-corrected chi connectivity index (χ3v) is 5.19. The lowest BCUT2D eigenvalue weighted by Gasteiger charge is -2.22.